The average molecular weight is 365 g/mol. The largest absolute Gasteiger partial charge is 0.378 e. The third kappa shape index (κ3) is 4.53. The molecule has 0 saturated heterocycles. The zero-order valence-corrected chi connectivity index (χ0v) is 13.4. The first-order valence-corrected chi connectivity index (χ1v) is 7.94. The second-order valence-corrected chi connectivity index (χ2v) is 6.00. The standard InChI is InChI=1S/C17H20IN/c1-2-3-9-17(14-7-5-4-6-8-14)19-16-12-10-15(18)11-13-16/h4-8,10-13,17,19H,2-3,9H2,1H3. The fourth-order valence-electron chi connectivity index (χ4n) is 2.16. The smallest absolute Gasteiger partial charge is 0.0513 e. The van der Waals surface area contributed by atoms with Crippen LogP contribution in [0.15, 0.2) is 54.6 Å². The summed E-state index contributed by atoms with van der Waals surface area (Å²) in [6, 6.07) is 19.7. The van der Waals surface area contributed by atoms with Crippen LogP contribution in [0.4, 0.5) is 5.69 Å². The Morgan fingerprint density at radius 3 is 2.32 bits per heavy atom. The molecule has 0 aliphatic rings. The Labute approximate surface area is 129 Å². The second kappa shape index (κ2) is 7.53. The highest BCUT2D eigenvalue weighted by atomic mass is 127. The molecule has 0 aliphatic heterocycles. The summed E-state index contributed by atoms with van der Waals surface area (Å²) in [6.07, 6.45) is 3.65. The molecule has 0 aliphatic carbocycles. The highest BCUT2D eigenvalue weighted by molar-refractivity contribution is 14.1. The predicted molar refractivity (Wildman–Crippen MR) is 91.5 cm³/mol. The number of benzene rings is 2. The van der Waals surface area contributed by atoms with Crippen LogP contribution in [-0.4, -0.2) is 0 Å². The van der Waals surface area contributed by atoms with Crippen LogP contribution < -0.4 is 5.32 Å². The van der Waals surface area contributed by atoms with E-state index in [1.165, 1.54) is 34.1 Å². The van der Waals surface area contributed by atoms with E-state index in [0.29, 0.717) is 6.04 Å². The summed E-state index contributed by atoms with van der Waals surface area (Å²) in [6.45, 7) is 2.24. The number of nitrogens with one attached hydrogen (secondary N) is 1. The number of rotatable bonds is 6. The van der Waals surface area contributed by atoms with E-state index in [2.05, 4.69) is 89.4 Å². The van der Waals surface area contributed by atoms with Gasteiger partial charge in [-0.1, -0.05) is 50.1 Å². The summed E-state index contributed by atoms with van der Waals surface area (Å²) >= 11 is 2.34. The van der Waals surface area contributed by atoms with E-state index < -0.39 is 0 Å². The summed E-state index contributed by atoms with van der Waals surface area (Å²) in [4.78, 5) is 0. The van der Waals surface area contributed by atoms with Crippen molar-refractivity contribution in [3.63, 3.8) is 0 Å². The normalized spacial score (nSPS) is 12.1. The minimum atomic E-state index is 0.404. The zero-order valence-electron chi connectivity index (χ0n) is 11.3. The van der Waals surface area contributed by atoms with E-state index in [9.17, 15) is 0 Å². The molecule has 2 aromatic rings. The molecule has 2 rings (SSSR count). The minimum absolute atomic E-state index is 0.404. The predicted octanol–water partition coefficient (Wildman–Crippen LogP) is 5.63. The fourth-order valence-corrected chi connectivity index (χ4v) is 2.52. The first-order chi connectivity index (χ1) is 9.29. The molecule has 0 bridgehead atoms. The first-order valence-electron chi connectivity index (χ1n) is 6.86. The number of hydrogen-bond donors (Lipinski definition) is 1. The quantitative estimate of drug-likeness (QED) is 0.654. The van der Waals surface area contributed by atoms with Gasteiger partial charge in [0.15, 0.2) is 0 Å². The van der Waals surface area contributed by atoms with E-state index in [1.54, 1.807) is 0 Å². The van der Waals surface area contributed by atoms with Crippen LogP contribution in [0.2, 0.25) is 0 Å². The molecule has 0 fully saturated rings. The van der Waals surface area contributed by atoms with E-state index >= 15 is 0 Å². The van der Waals surface area contributed by atoms with Crippen LogP contribution >= 0.6 is 22.6 Å². The lowest BCUT2D eigenvalue weighted by Crippen LogP contribution is -2.10. The van der Waals surface area contributed by atoms with Crippen molar-refractivity contribution >= 4 is 28.3 Å². The highest BCUT2D eigenvalue weighted by Gasteiger charge is 2.10. The van der Waals surface area contributed by atoms with Gasteiger partial charge in [0.2, 0.25) is 0 Å². The molecule has 0 amide bonds. The summed E-state index contributed by atoms with van der Waals surface area (Å²) in [5, 5.41) is 3.65. The van der Waals surface area contributed by atoms with Gasteiger partial charge in [-0.3, -0.25) is 0 Å². The molecule has 0 spiro atoms. The van der Waals surface area contributed by atoms with Gasteiger partial charge in [0.05, 0.1) is 6.04 Å². The molecule has 1 nitrogen and oxygen atoms in total. The van der Waals surface area contributed by atoms with Crippen molar-refractivity contribution < 1.29 is 0 Å². The third-order valence-electron chi connectivity index (χ3n) is 3.23. The van der Waals surface area contributed by atoms with Crippen molar-refractivity contribution in [1.29, 1.82) is 0 Å². The molecule has 1 N–H and O–H groups in total. The molecule has 19 heavy (non-hydrogen) atoms. The molecule has 1 unspecified atom stereocenters. The van der Waals surface area contributed by atoms with Crippen molar-refractivity contribution in [3.05, 3.63) is 63.7 Å². The van der Waals surface area contributed by atoms with Gasteiger partial charge in [-0.15, -0.1) is 0 Å². The Kier molecular flexibility index (Phi) is 5.70. The van der Waals surface area contributed by atoms with E-state index in [-0.39, 0.29) is 0 Å². The molecular formula is C17H20IN. The molecule has 0 radical (unpaired) electrons. The second-order valence-electron chi connectivity index (χ2n) is 4.76. The number of halogens is 1. The Morgan fingerprint density at radius 1 is 1.00 bits per heavy atom. The molecule has 1 atom stereocenters. The van der Waals surface area contributed by atoms with Gasteiger partial charge in [-0.2, -0.15) is 0 Å². The van der Waals surface area contributed by atoms with Crippen LogP contribution in [0.3, 0.4) is 0 Å². The molecule has 2 heteroatoms. The van der Waals surface area contributed by atoms with E-state index in [1.807, 2.05) is 0 Å². The summed E-state index contributed by atoms with van der Waals surface area (Å²) < 4.78 is 1.27. The van der Waals surface area contributed by atoms with Gasteiger partial charge >= 0.3 is 0 Å². The zero-order chi connectivity index (χ0) is 13.5. The third-order valence-corrected chi connectivity index (χ3v) is 3.95. The lowest BCUT2D eigenvalue weighted by atomic mass is 10.0. The number of hydrogen-bond acceptors (Lipinski definition) is 1. The summed E-state index contributed by atoms with van der Waals surface area (Å²) in [5.74, 6) is 0. The van der Waals surface area contributed by atoms with Gasteiger partial charge in [-0.25, -0.2) is 0 Å². The van der Waals surface area contributed by atoms with Crippen LogP contribution in [0.25, 0.3) is 0 Å². The van der Waals surface area contributed by atoms with Gasteiger partial charge < -0.3 is 5.32 Å². The molecule has 100 valence electrons. The highest BCUT2D eigenvalue weighted by Crippen LogP contribution is 2.24. The van der Waals surface area contributed by atoms with Gasteiger partial charge in [-0.05, 0) is 58.8 Å². The Bertz CT molecular complexity index is 478. The SMILES string of the molecule is CCCCC(Nc1ccc(I)cc1)c1ccccc1. The van der Waals surface area contributed by atoms with Gasteiger partial charge in [0.25, 0.3) is 0 Å². The van der Waals surface area contributed by atoms with Crippen molar-refractivity contribution in [1.82, 2.24) is 0 Å². The summed E-state index contributed by atoms with van der Waals surface area (Å²) in [7, 11) is 0. The topological polar surface area (TPSA) is 12.0 Å². The maximum atomic E-state index is 3.65. The van der Waals surface area contributed by atoms with Crippen molar-refractivity contribution in [2.45, 2.75) is 32.2 Å². The van der Waals surface area contributed by atoms with E-state index in [0.717, 1.165) is 0 Å². The molecule has 2 aromatic carbocycles. The Balaban J connectivity index is 2.11. The van der Waals surface area contributed by atoms with Crippen molar-refractivity contribution in [3.8, 4) is 0 Å². The Morgan fingerprint density at radius 2 is 1.68 bits per heavy atom. The molecular weight excluding hydrogens is 345 g/mol. The fraction of sp³-hybridized carbons (Fsp3) is 0.294. The lowest BCUT2D eigenvalue weighted by Gasteiger charge is -2.20. The molecule has 0 aromatic heterocycles. The van der Waals surface area contributed by atoms with Gasteiger partial charge in [0, 0.05) is 9.26 Å². The number of unbranched alkanes of at least 4 members (excludes halogenated alkanes) is 1. The first kappa shape index (κ1) is 14.4. The summed E-state index contributed by atoms with van der Waals surface area (Å²) in [5.41, 5.74) is 2.57. The molecule has 0 saturated carbocycles. The minimum Gasteiger partial charge on any atom is -0.378 e. The monoisotopic (exact) mass is 365 g/mol. The van der Waals surface area contributed by atoms with Crippen LogP contribution in [0.1, 0.15) is 37.8 Å². The van der Waals surface area contributed by atoms with Crippen LogP contribution in [0.5, 0.6) is 0 Å². The Hall–Kier alpha value is -1.03. The van der Waals surface area contributed by atoms with E-state index in [4.69, 9.17) is 0 Å². The maximum Gasteiger partial charge on any atom is 0.0513 e. The lowest BCUT2D eigenvalue weighted by molar-refractivity contribution is 0.634. The van der Waals surface area contributed by atoms with Gasteiger partial charge in [0.1, 0.15) is 0 Å². The van der Waals surface area contributed by atoms with Crippen LogP contribution in [-0.2, 0) is 0 Å². The van der Waals surface area contributed by atoms with Crippen molar-refractivity contribution in [2.75, 3.05) is 5.32 Å². The number of anilines is 1. The van der Waals surface area contributed by atoms with Crippen LogP contribution in [0, 0.1) is 3.57 Å². The molecule has 0 heterocycles. The maximum absolute atomic E-state index is 3.65. The average Bonchev–Trinajstić information content (AvgIpc) is 2.46. The van der Waals surface area contributed by atoms with Crippen molar-refractivity contribution in [2.24, 2.45) is 0 Å².